The monoisotopic (exact) mass is 417 g/mol. The van der Waals surface area contributed by atoms with Crippen LogP contribution in [0, 0.1) is 6.92 Å². The molecule has 2 aromatic heterocycles. The Labute approximate surface area is 180 Å². The van der Waals surface area contributed by atoms with Crippen molar-refractivity contribution in [1.82, 2.24) is 9.38 Å². The number of ether oxygens (including phenoxy) is 3. The summed E-state index contributed by atoms with van der Waals surface area (Å²) in [5.74, 6) is 1.70. The molecule has 0 amide bonds. The van der Waals surface area contributed by atoms with Crippen molar-refractivity contribution in [1.29, 1.82) is 0 Å². The van der Waals surface area contributed by atoms with Gasteiger partial charge in [0.05, 0.1) is 26.9 Å². The molecule has 158 valence electrons. The summed E-state index contributed by atoms with van der Waals surface area (Å²) in [6.45, 7) is 2.03. The number of carbonyl (C=O) groups excluding carboxylic acids is 1. The van der Waals surface area contributed by atoms with Crippen LogP contribution in [-0.2, 0) is 4.74 Å². The molecule has 0 atom stereocenters. The van der Waals surface area contributed by atoms with Crippen molar-refractivity contribution >= 4 is 23.1 Å². The number of anilines is 2. The van der Waals surface area contributed by atoms with Gasteiger partial charge in [-0.1, -0.05) is 12.1 Å². The van der Waals surface area contributed by atoms with Crippen molar-refractivity contribution in [3.8, 4) is 22.8 Å². The maximum atomic E-state index is 11.8. The number of aryl methyl sites for hydroxylation is 1. The summed E-state index contributed by atoms with van der Waals surface area (Å²) in [6.07, 6.45) is 1.98. The molecular weight excluding hydrogens is 394 g/mol. The predicted molar refractivity (Wildman–Crippen MR) is 120 cm³/mol. The summed E-state index contributed by atoms with van der Waals surface area (Å²) in [7, 11) is 4.58. The molecular formula is C24H23N3O4. The highest BCUT2D eigenvalue weighted by atomic mass is 16.5. The van der Waals surface area contributed by atoms with Crippen LogP contribution >= 0.6 is 0 Å². The van der Waals surface area contributed by atoms with E-state index in [1.165, 1.54) is 7.11 Å². The average molecular weight is 417 g/mol. The van der Waals surface area contributed by atoms with Crippen LogP contribution in [0.15, 0.2) is 60.8 Å². The van der Waals surface area contributed by atoms with Crippen LogP contribution in [-0.4, -0.2) is 36.7 Å². The molecule has 0 saturated carbocycles. The molecule has 7 nitrogen and oxygen atoms in total. The quantitative estimate of drug-likeness (QED) is 0.452. The van der Waals surface area contributed by atoms with E-state index in [0.29, 0.717) is 17.1 Å². The molecule has 0 spiro atoms. The number of fused-ring (bicyclic) bond motifs is 1. The van der Waals surface area contributed by atoms with E-state index < -0.39 is 0 Å². The number of nitrogens with one attached hydrogen (secondary N) is 1. The van der Waals surface area contributed by atoms with Gasteiger partial charge in [0, 0.05) is 23.5 Å². The number of hydrogen-bond acceptors (Lipinski definition) is 6. The Morgan fingerprint density at radius 1 is 0.935 bits per heavy atom. The number of pyridine rings is 1. The molecule has 0 bridgehead atoms. The summed E-state index contributed by atoms with van der Waals surface area (Å²) < 4.78 is 17.6. The SMILES string of the molecule is COC(=O)c1ccc(-c2nc3cc(C)ccn3c2Nc2ccc(OC)c(OC)c2)cc1. The number of methoxy groups -OCH3 is 3. The van der Waals surface area contributed by atoms with Gasteiger partial charge in [-0.3, -0.25) is 4.40 Å². The number of imidazole rings is 1. The summed E-state index contributed by atoms with van der Waals surface area (Å²) >= 11 is 0. The molecule has 0 fully saturated rings. The van der Waals surface area contributed by atoms with Gasteiger partial charge in [-0.25, -0.2) is 9.78 Å². The minimum absolute atomic E-state index is 0.374. The predicted octanol–water partition coefficient (Wildman–Crippen LogP) is 4.86. The summed E-state index contributed by atoms with van der Waals surface area (Å²) in [6, 6.07) is 16.9. The third-order valence-electron chi connectivity index (χ3n) is 5.01. The summed E-state index contributed by atoms with van der Waals surface area (Å²) in [5.41, 5.74) is 4.87. The van der Waals surface area contributed by atoms with E-state index in [-0.39, 0.29) is 5.97 Å². The molecule has 0 aliphatic carbocycles. The van der Waals surface area contributed by atoms with Crippen LogP contribution in [0.2, 0.25) is 0 Å². The van der Waals surface area contributed by atoms with Crippen molar-refractivity contribution in [3.63, 3.8) is 0 Å². The van der Waals surface area contributed by atoms with Crippen LogP contribution in [0.1, 0.15) is 15.9 Å². The molecule has 31 heavy (non-hydrogen) atoms. The van der Waals surface area contributed by atoms with Crippen LogP contribution in [0.3, 0.4) is 0 Å². The van der Waals surface area contributed by atoms with Crippen LogP contribution < -0.4 is 14.8 Å². The van der Waals surface area contributed by atoms with Gasteiger partial charge >= 0.3 is 5.97 Å². The molecule has 7 heteroatoms. The number of rotatable bonds is 6. The number of carbonyl (C=O) groups is 1. The molecule has 0 aliphatic heterocycles. The Kier molecular flexibility index (Phi) is 5.49. The van der Waals surface area contributed by atoms with E-state index in [1.807, 2.05) is 60.0 Å². The molecule has 0 aliphatic rings. The smallest absolute Gasteiger partial charge is 0.337 e. The van der Waals surface area contributed by atoms with Gasteiger partial charge in [0.25, 0.3) is 0 Å². The van der Waals surface area contributed by atoms with Crippen LogP contribution in [0.25, 0.3) is 16.9 Å². The van der Waals surface area contributed by atoms with E-state index in [0.717, 1.165) is 34.0 Å². The third kappa shape index (κ3) is 3.90. The van der Waals surface area contributed by atoms with Crippen molar-refractivity contribution < 1.29 is 19.0 Å². The molecule has 2 aromatic carbocycles. The Morgan fingerprint density at radius 3 is 2.35 bits per heavy atom. The van der Waals surface area contributed by atoms with Gasteiger partial charge in [-0.05, 0) is 48.9 Å². The largest absolute Gasteiger partial charge is 0.493 e. The van der Waals surface area contributed by atoms with Crippen LogP contribution in [0.4, 0.5) is 11.5 Å². The second-order valence-electron chi connectivity index (χ2n) is 7.01. The third-order valence-corrected chi connectivity index (χ3v) is 5.01. The van der Waals surface area contributed by atoms with Crippen molar-refractivity contribution in [2.24, 2.45) is 0 Å². The Balaban J connectivity index is 1.81. The first-order valence-electron chi connectivity index (χ1n) is 9.70. The molecule has 2 heterocycles. The van der Waals surface area contributed by atoms with E-state index in [1.54, 1.807) is 26.4 Å². The summed E-state index contributed by atoms with van der Waals surface area (Å²) in [5, 5.41) is 3.46. The average Bonchev–Trinajstić information content (AvgIpc) is 3.15. The number of esters is 1. The maximum absolute atomic E-state index is 11.8. The highest BCUT2D eigenvalue weighted by molar-refractivity contribution is 5.90. The standard InChI is InChI=1S/C24H23N3O4/c1-15-11-12-27-21(13-15)26-22(16-5-7-17(8-6-16)24(28)31-4)23(27)25-18-9-10-19(29-2)20(14-18)30-3/h5-14,25H,1-4H3. The van der Waals surface area contributed by atoms with Gasteiger partial charge in [-0.2, -0.15) is 0 Å². The fourth-order valence-electron chi connectivity index (χ4n) is 3.40. The van der Waals surface area contributed by atoms with E-state index in [4.69, 9.17) is 19.2 Å². The highest BCUT2D eigenvalue weighted by Crippen LogP contribution is 2.35. The zero-order valence-electron chi connectivity index (χ0n) is 17.8. The normalized spacial score (nSPS) is 10.7. The topological polar surface area (TPSA) is 74.1 Å². The molecule has 0 unspecified atom stereocenters. The Hall–Kier alpha value is -4.00. The number of nitrogens with zero attached hydrogens (tertiary/aromatic N) is 2. The molecule has 4 rings (SSSR count). The Bertz CT molecular complexity index is 1250. The zero-order valence-corrected chi connectivity index (χ0v) is 17.8. The second kappa shape index (κ2) is 8.39. The minimum Gasteiger partial charge on any atom is -0.493 e. The molecule has 0 saturated heterocycles. The minimum atomic E-state index is -0.374. The van der Waals surface area contributed by atoms with Gasteiger partial charge in [0.15, 0.2) is 11.5 Å². The van der Waals surface area contributed by atoms with Crippen LogP contribution in [0.5, 0.6) is 11.5 Å². The second-order valence-corrected chi connectivity index (χ2v) is 7.01. The molecule has 0 radical (unpaired) electrons. The van der Waals surface area contributed by atoms with Gasteiger partial charge < -0.3 is 19.5 Å². The van der Waals surface area contributed by atoms with Crippen molar-refractivity contribution in [2.45, 2.75) is 6.92 Å². The van der Waals surface area contributed by atoms with E-state index in [2.05, 4.69) is 5.32 Å². The Morgan fingerprint density at radius 2 is 1.68 bits per heavy atom. The van der Waals surface area contributed by atoms with Gasteiger partial charge in [-0.15, -0.1) is 0 Å². The van der Waals surface area contributed by atoms with E-state index >= 15 is 0 Å². The molecule has 4 aromatic rings. The fourth-order valence-corrected chi connectivity index (χ4v) is 3.40. The lowest BCUT2D eigenvalue weighted by molar-refractivity contribution is 0.0600. The van der Waals surface area contributed by atoms with E-state index in [9.17, 15) is 4.79 Å². The zero-order chi connectivity index (χ0) is 22.0. The van der Waals surface area contributed by atoms with Gasteiger partial charge in [0.2, 0.25) is 0 Å². The lowest BCUT2D eigenvalue weighted by Crippen LogP contribution is -2.01. The number of aromatic nitrogens is 2. The molecule has 1 N–H and O–H groups in total. The van der Waals surface area contributed by atoms with Gasteiger partial charge in [0.1, 0.15) is 17.2 Å². The highest BCUT2D eigenvalue weighted by Gasteiger charge is 2.16. The lowest BCUT2D eigenvalue weighted by atomic mass is 10.1. The maximum Gasteiger partial charge on any atom is 0.337 e. The van der Waals surface area contributed by atoms with Crippen molar-refractivity contribution in [2.75, 3.05) is 26.6 Å². The van der Waals surface area contributed by atoms with Crippen molar-refractivity contribution in [3.05, 3.63) is 71.9 Å². The first-order valence-corrected chi connectivity index (χ1v) is 9.70. The first-order chi connectivity index (χ1) is 15.0. The number of benzene rings is 2. The first kappa shape index (κ1) is 20.3. The fraction of sp³-hybridized carbons (Fsp3) is 0.167. The summed E-state index contributed by atoms with van der Waals surface area (Å²) in [4.78, 5) is 16.6. The number of hydrogen-bond donors (Lipinski definition) is 1. The lowest BCUT2D eigenvalue weighted by Gasteiger charge is -2.12.